The minimum absolute atomic E-state index is 0.154. The van der Waals surface area contributed by atoms with E-state index in [4.69, 9.17) is 14.2 Å². The summed E-state index contributed by atoms with van der Waals surface area (Å²) < 4.78 is 16.1. The fourth-order valence-electron chi connectivity index (χ4n) is 2.33. The van der Waals surface area contributed by atoms with E-state index in [1.54, 1.807) is 0 Å². The molecule has 116 valence electrons. The van der Waals surface area contributed by atoms with Gasteiger partial charge < -0.3 is 24.8 Å². The summed E-state index contributed by atoms with van der Waals surface area (Å²) in [6.45, 7) is 8.45. The van der Waals surface area contributed by atoms with E-state index in [0.29, 0.717) is 25.9 Å². The molecule has 2 N–H and O–H groups in total. The first kappa shape index (κ1) is 15.5. The maximum Gasteiger partial charge on any atom is 0.407 e. The Morgan fingerprint density at radius 2 is 2.00 bits per heavy atom. The molecule has 1 amide bonds. The van der Waals surface area contributed by atoms with Gasteiger partial charge in [-0.1, -0.05) is 0 Å². The average Bonchev–Trinajstić information content (AvgIpc) is 2.31. The number of carbonyl (C=O) groups excluding carboxylic acids is 1. The Labute approximate surface area is 120 Å². The molecule has 1 saturated carbocycles. The molecule has 0 aromatic heterocycles. The number of carbonyl (C=O) groups is 1. The van der Waals surface area contributed by atoms with E-state index in [-0.39, 0.29) is 18.2 Å². The zero-order valence-corrected chi connectivity index (χ0v) is 12.6. The monoisotopic (exact) mass is 286 g/mol. The number of nitrogens with one attached hydrogen (secondary N) is 2. The van der Waals surface area contributed by atoms with E-state index in [9.17, 15) is 4.79 Å². The minimum Gasteiger partial charge on any atom is -0.444 e. The van der Waals surface area contributed by atoms with Crippen LogP contribution in [0.2, 0.25) is 0 Å². The van der Waals surface area contributed by atoms with Gasteiger partial charge in [0.15, 0.2) is 0 Å². The van der Waals surface area contributed by atoms with Crippen LogP contribution in [0.5, 0.6) is 0 Å². The predicted molar refractivity (Wildman–Crippen MR) is 74.7 cm³/mol. The van der Waals surface area contributed by atoms with E-state index in [2.05, 4.69) is 10.6 Å². The lowest BCUT2D eigenvalue weighted by Crippen LogP contribution is -2.54. The van der Waals surface area contributed by atoms with E-state index < -0.39 is 5.60 Å². The molecule has 1 saturated heterocycles. The number of alkyl carbamates (subject to hydrolysis) is 1. The van der Waals surface area contributed by atoms with Gasteiger partial charge in [-0.2, -0.15) is 0 Å². The molecule has 0 radical (unpaired) electrons. The van der Waals surface area contributed by atoms with Crippen LogP contribution in [0.3, 0.4) is 0 Å². The highest BCUT2D eigenvalue weighted by molar-refractivity contribution is 5.68. The van der Waals surface area contributed by atoms with Crippen LogP contribution in [0, 0.1) is 0 Å². The molecule has 1 unspecified atom stereocenters. The Hall–Kier alpha value is -0.850. The topological polar surface area (TPSA) is 68.8 Å². The standard InChI is InChI=1S/C14H26N2O4/c1-14(2,3)20-13(17)16-11-6-10(7-11)15-8-12-9-18-4-5-19-12/h10-12,15H,4-9H2,1-3H3,(H,16,17). The summed E-state index contributed by atoms with van der Waals surface area (Å²) in [5.74, 6) is 0. The van der Waals surface area contributed by atoms with E-state index in [0.717, 1.165) is 19.4 Å². The van der Waals surface area contributed by atoms with Crippen LogP contribution in [0.15, 0.2) is 0 Å². The molecule has 0 aromatic rings. The van der Waals surface area contributed by atoms with Crippen LogP contribution in [-0.2, 0) is 14.2 Å². The van der Waals surface area contributed by atoms with Crippen LogP contribution in [0.4, 0.5) is 4.79 Å². The Morgan fingerprint density at radius 1 is 1.25 bits per heavy atom. The molecule has 1 atom stereocenters. The molecule has 6 nitrogen and oxygen atoms in total. The van der Waals surface area contributed by atoms with E-state index in [1.807, 2.05) is 20.8 Å². The summed E-state index contributed by atoms with van der Waals surface area (Å²) >= 11 is 0. The first-order chi connectivity index (χ1) is 9.42. The van der Waals surface area contributed by atoms with Gasteiger partial charge in [0.25, 0.3) is 0 Å². The van der Waals surface area contributed by atoms with Gasteiger partial charge in [0, 0.05) is 18.6 Å². The Morgan fingerprint density at radius 3 is 2.60 bits per heavy atom. The molecule has 0 spiro atoms. The van der Waals surface area contributed by atoms with Crippen LogP contribution < -0.4 is 10.6 Å². The van der Waals surface area contributed by atoms with Gasteiger partial charge in [-0.25, -0.2) is 4.79 Å². The quantitative estimate of drug-likeness (QED) is 0.808. The molecule has 2 rings (SSSR count). The van der Waals surface area contributed by atoms with Gasteiger partial charge in [-0.05, 0) is 33.6 Å². The lowest BCUT2D eigenvalue weighted by Gasteiger charge is -2.37. The van der Waals surface area contributed by atoms with Crippen molar-refractivity contribution >= 4 is 6.09 Å². The maximum atomic E-state index is 11.6. The summed E-state index contributed by atoms with van der Waals surface area (Å²) in [7, 11) is 0. The predicted octanol–water partition coefficient (Wildman–Crippen LogP) is 1.05. The van der Waals surface area contributed by atoms with Crippen LogP contribution in [0.1, 0.15) is 33.6 Å². The van der Waals surface area contributed by atoms with E-state index in [1.165, 1.54) is 0 Å². The normalized spacial score (nSPS) is 30.4. The summed E-state index contributed by atoms with van der Waals surface area (Å²) in [5.41, 5.74) is -0.441. The minimum atomic E-state index is -0.441. The van der Waals surface area contributed by atoms with Crippen molar-refractivity contribution in [2.45, 2.75) is 57.4 Å². The lowest BCUT2D eigenvalue weighted by molar-refractivity contribution is -0.0878. The molecule has 0 aromatic carbocycles. The Kier molecular flexibility index (Phi) is 5.23. The molecule has 1 aliphatic carbocycles. The van der Waals surface area contributed by atoms with Gasteiger partial charge in [0.05, 0.1) is 25.9 Å². The van der Waals surface area contributed by atoms with Crippen molar-refractivity contribution in [2.24, 2.45) is 0 Å². The van der Waals surface area contributed by atoms with Crippen LogP contribution in [0.25, 0.3) is 0 Å². The Balaban J connectivity index is 1.54. The SMILES string of the molecule is CC(C)(C)OC(=O)NC1CC(NCC2COCCO2)C1. The lowest BCUT2D eigenvalue weighted by atomic mass is 9.87. The Bertz CT molecular complexity index is 318. The molecule has 6 heteroatoms. The fourth-order valence-corrected chi connectivity index (χ4v) is 2.33. The third-order valence-electron chi connectivity index (χ3n) is 3.38. The summed E-state index contributed by atoms with van der Waals surface area (Å²) in [4.78, 5) is 11.6. The highest BCUT2D eigenvalue weighted by Gasteiger charge is 2.31. The number of ether oxygens (including phenoxy) is 3. The van der Waals surface area contributed by atoms with Crippen molar-refractivity contribution in [3.63, 3.8) is 0 Å². The molecule has 2 aliphatic rings. The molecule has 1 heterocycles. The molecular formula is C14H26N2O4. The van der Waals surface area contributed by atoms with Crippen molar-refractivity contribution in [3.8, 4) is 0 Å². The summed E-state index contributed by atoms with van der Waals surface area (Å²) in [6.07, 6.45) is 1.70. The average molecular weight is 286 g/mol. The molecule has 1 aliphatic heterocycles. The summed E-state index contributed by atoms with van der Waals surface area (Å²) in [6, 6.07) is 0.659. The van der Waals surface area contributed by atoms with Gasteiger partial charge in [0.2, 0.25) is 0 Å². The van der Waals surface area contributed by atoms with Gasteiger partial charge >= 0.3 is 6.09 Å². The van der Waals surface area contributed by atoms with Crippen LogP contribution in [-0.4, -0.2) is 56.2 Å². The smallest absolute Gasteiger partial charge is 0.407 e. The summed E-state index contributed by atoms with van der Waals surface area (Å²) in [5, 5.41) is 6.33. The van der Waals surface area contributed by atoms with Crippen molar-refractivity contribution in [3.05, 3.63) is 0 Å². The third kappa shape index (κ3) is 5.26. The first-order valence-corrected chi connectivity index (χ1v) is 7.34. The maximum absolute atomic E-state index is 11.6. The fraction of sp³-hybridized carbons (Fsp3) is 0.929. The van der Waals surface area contributed by atoms with Crippen molar-refractivity contribution in [2.75, 3.05) is 26.4 Å². The molecular weight excluding hydrogens is 260 g/mol. The highest BCUT2D eigenvalue weighted by Crippen LogP contribution is 2.20. The van der Waals surface area contributed by atoms with Crippen molar-refractivity contribution in [1.82, 2.24) is 10.6 Å². The number of amides is 1. The number of hydrogen-bond donors (Lipinski definition) is 2. The van der Waals surface area contributed by atoms with Crippen molar-refractivity contribution in [1.29, 1.82) is 0 Å². The van der Waals surface area contributed by atoms with Gasteiger partial charge in [0.1, 0.15) is 5.60 Å². The second-order valence-electron chi connectivity index (χ2n) is 6.49. The molecule has 20 heavy (non-hydrogen) atoms. The number of rotatable bonds is 4. The van der Waals surface area contributed by atoms with Gasteiger partial charge in [-0.15, -0.1) is 0 Å². The second-order valence-corrected chi connectivity index (χ2v) is 6.49. The largest absolute Gasteiger partial charge is 0.444 e. The van der Waals surface area contributed by atoms with Crippen molar-refractivity contribution < 1.29 is 19.0 Å². The first-order valence-electron chi connectivity index (χ1n) is 7.34. The molecule has 0 bridgehead atoms. The highest BCUT2D eigenvalue weighted by atomic mass is 16.6. The zero-order chi connectivity index (χ0) is 14.6. The molecule has 2 fully saturated rings. The zero-order valence-electron chi connectivity index (χ0n) is 12.6. The third-order valence-corrected chi connectivity index (χ3v) is 3.38. The van der Waals surface area contributed by atoms with Crippen LogP contribution >= 0.6 is 0 Å². The second kappa shape index (κ2) is 6.74. The van der Waals surface area contributed by atoms with Gasteiger partial charge in [-0.3, -0.25) is 0 Å². The van der Waals surface area contributed by atoms with E-state index >= 15 is 0 Å². The number of hydrogen-bond acceptors (Lipinski definition) is 5.